The second-order valence-corrected chi connectivity index (χ2v) is 6.22. The smallest absolute Gasteiger partial charge is 0.0946 e. The van der Waals surface area contributed by atoms with Gasteiger partial charge in [-0.25, -0.2) is 0 Å². The molecule has 0 radical (unpaired) electrons. The van der Waals surface area contributed by atoms with Crippen molar-refractivity contribution in [1.29, 1.82) is 0 Å². The van der Waals surface area contributed by atoms with Crippen molar-refractivity contribution in [3.8, 4) is 0 Å². The molecular weight excluding hydrogens is 212 g/mol. The van der Waals surface area contributed by atoms with E-state index < -0.39 is 0 Å². The van der Waals surface area contributed by atoms with E-state index in [1.807, 2.05) is 0 Å². The summed E-state index contributed by atoms with van der Waals surface area (Å²) in [4.78, 5) is 0. The van der Waals surface area contributed by atoms with Gasteiger partial charge in [0.1, 0.15) is 0 Å². The quantitative estimate of drug-likeness (QED) is 0.695. The van der Waals surface area contributed by atoms with E-state index in [1.165, 1.54) is 57.8 Å². The topological polar surface area (TPSA) is 18.5 Å². The zero-order valence-electron chi connectivity index (χ0n) is 11.0. The van der Waals surface area contributed by atoms with Crippen LogP contribution < -0.4 is 0 Å². The zero-order valence-corrected chi connectivity index (χ0v) is 11.0. The summed E-state index contributed by atoms with van der Waals surface area (Å²) in [5.41, 5.74) is 0.110. The Kier molecular flexibility index (Phi) is 3.72. The van der Waals surface area contributed by atoms with Gasteiger partial charge in [0.05, 0.1) is 25.4 Å². The molecule has 2 atom stereocenters. The fourth-order valence-electron chi connectivity index (χ4n) is 4.39. The van der Waals surface area contributed by atoms with Gasteiger partial charge in [0.15, 0.2) is 0 Å². The number of rotatable bonds is 1. The van der Waals surface area contributed by atoms with E-state index in [9.17, 15) is 0 Å². The molecule has 1 saturated heterocycles. The van der Waals surface area contributed by atoms with Gasteiger partial charge >= 0.3 is 0 Å². The van der Waals surface area contributed by atoms with Crippen LogP contribution in [0.4, 0.5) is 0 Å². The summed E-state index contributed by atoms with van der Waals surface area (Å²) in [6.45, 7) is 2.50. The van der Waals surface area contributed by atoms with E-state index in [1.54, 1.807) is 0 Å². The van der Waals surface area contributed by atoms with E-state index in [0.717, 1.165) is 31.7 Å². The Morgan fingerprint density at radius 1 is 0.824 bits per heavy atom. The number of hydrogen-bond donors (Lipinski definition) is 0. The minimum atomic E-state index is 0.110. The molecule has 3 rings (SSSR count). The van der Waals surface area contributed by atoms with Gasteiger partial charge in [-0.2, -0.15) is 0 Å². The average Bonchev–Trinajstić information content (AvgIpc) is 2.41. The second kappa shape index (κ2) is 5.27. The Morgan fingerprint density at radius 3 is 2.41 bits per heavy atom. The van der Waals surface area contributed by atoms with Gasteiger partial charge in [-0.1, -0.05) is 44.9 Å². The molecule has 0 aromatic carbocycles. The summed E-state index contributed by atoms with van der Waals surface area (Å²) in [6, 6.07) is 0. The van der Waals surface area contributed by atoms with E-state index in [2.05, 4.69) is 0 Å². The van der Waals surface area contributed by atoms with E-state index in [0.29, 0.717) is 0 Å². The first kappa shape index (κ1) is 12.0. The summed E-state index contributed by atoms with van der Waals surface area (Å²) in [5.74, 6) is 1.71. The lowest BCUT2D eigenvalue weighted by Gasteiger charge is -2.49. The van der Waals surface area contributed by atoms with Crippen molar-refractivity contribution in [2.45, 2.75) is 63.4 Å². The maximum Gasteiger partial charge on any atom is 0.0946 e. The molecule has 2 unspecified atom stereocenters. The summed E-state index contributed by atoms with van der Waals surface area (Å²) in [6.07, 6.45) is 12.6. The lowest BCUT2D eigenvalue weighted by molar-refractivity contribution is -0.207. The Hall–Kier alpha value is -0.0800. The molecule has 2 aliphatic carbocycles. The van der Waals surface area contributed by atoms with Crippen molar-refractivity contribution in [2.75, 3.05) is 19.8 Å². The molecule has 0 amide bonds. The molecule has 3 aliphatic rings. The van der Waals surface area contributed by atoms with Gasteiger partial charge in [-0.3, -0.25) is 0 Å². The van der Waals surface area contributed by atoms with Gasteiger partial charge < -0.3 is 9.47 Å². The largest absolute Gasteiger partial charge is 0.376 e. The first-order valence-corrected chi connectivity index (χ1v) is 7.62. The van der Waals surface area contributed by atoms with Gasteiger partial charge in [0.25, 0.3) is 0 Å². The Morgan fingerprint density at radius 2 is 1.65 bits per heavy atom. The highest BCUT2D eigenvalue weighted by molar-refractivity contribution is 4.96. The molecule has 1 heterocycles. The fourth-order valence-corrected chi connectivity index (χ4v) is 4.39. The number of hydrogen-bond acceptors (Lipinski definition) is 2. The zero-order chi connectivity index (χ0) is 11.6. The summed E-state index contributed by atoms with van der Waals surface area (Å²) in [5, 5.41) is 0. The minimum Gasteiger partial charge on any atom is -0.376 e. The van der Waals surface area contributed by atoms with Gasteiger partial charge in [-0.05, 0) is 24.7 Å². The van der Waals surface area contributed by atoms with Gasteiger partial charge in [0, 0.05) is 0 Å². The van der Waals surface area contributed by atoms with Crippen LogP contribution in [0.15, 0.2) is 0 Å². The summed E-state index contributed by atoms with van der Waals surface area (Å²) < 4.78 is 12.0. The molecule has 2 saturated carbocycles. The van der Waals surface area contributed by atoms with Crippen molar-refractivity contribution in [3.05, 3.63) is 0 Å². The molecule has 1 spiro atoms. The summed E-state index contributed by atoms with van der Waals surface area (Å²) in [7, 11) is 0. The predicted molar refractivity (Wildman–Crippen MR) is 68.0 cm³/mol. The Labute approximate surface area is 105 Å². The third kappa shape index (κ3) is 2.39. The molecule has 0 aromatic heterocycles. The normalized spacial score (nSPS) is 40.6. The molecule has 0 N–H and O–H groups in total. The third-order valence-electron chi connectivity index (χ3n) is 5.22. The van der Waals surface area contributed by atoms with Crippen LogP contribution in [0.25, 0.3) is 0 Å². The molecule has 0 aromatic rings. The van der Waals surface area contributed by atoms with Crippen LogP contribution >= 0.6 is 0 Å². The highest BCUT2D eigenvalue weighted by atomic mass is 16.6. The van der Waals surface area contributed by atoms with Crippen molar-refractivity contribution in [1.82, 2.24) is 0 Å². The SMILES string of the molecule is C1CCC(C2CCCCC23COCCO3)CC1. The molecule has 3 fully saturated rings. The number of ether oxygens (including phenoxy) is 2. The van der Waals surface area contributed by atoms with Crippen LogP contribution in [-0.4, -0.2) is 25.4 Å². The highest BCUT2D eigenvalue weighted by Gasteiger charge is 2.46. The van der Waals surface area contributed by atoms with Crippen LogP contribution in [-0.2, 0) is 9.47 Å². The van der Waals surface area contributed by atoms with Crippen molar-refractivity contribution < 1.29 is 9.47 Å². The predicted octanol–water partition coefficient (Wildman–Crippen LogP) is 3.54. The van der Waals surface area contributed by atoms with Crippen LogP contribution in [0, 0.1) is 11.8 Å². The first-order valence-electron chi connectivity index (χ1n) is 7.62. The monoisotopic (exact) mass is 238 g/mol. The second-order valence-electron chi connectivity index (χ2n) is 6.22. The fraction of sp³-hybridized carbons (Fsp3) is 1.00. The van der Waals surface area contributed by atoms with E-state index >= 15 is 0 Å². The van der Waals surface area contributed by atoms with Crippen LogP contribution in [0.3, 0.4) is 0 Å². The molecule has 2 heteroatoms. The average molecular weight is 238 g/mol. The molecule has 17 heavy (non-hydrogen) atoms. The minimum absolute atomic E-state index is 0.110. The van der Waals surface area contributed by atoms with Crippen molar-refractivity contribution in [3.63, 3.8) is 0 Å². The van der Waals surface area contributed by atoms with Gasteiger partial charge in [0.2, 0.25) is 0 Å². The van der Waals surface area contributed by atoms with Crippen molar-refractivity contribution >= 4 is 0 Å². The van der Waals surface area contributed by atoms with Crippen LogP contribution in [0.2, 0.25) is 0 Å². The third-order valence-corrected chi connectivity index (χ3v) is 5.22. The maximum atomic E-state index is 6.25. The van der Waals surface area contributed by atoms with Crippen molar-refractivity contribution in [2.24, 2.45) is 11.8 Å². The Balaban J connectivity index is 1.73. The molecular formula is C15H26O2. The first-order chi connectivity index (χ1) is 8.41. The maximum absolute atomic E-state index is 6.25. The molecule has 2 nitrogen and oxygen atoms in total. The molecule has 1 aliphatic heterocycles. The molecule has 0 bridgehead atoms. The molecule has 98 valence electrons. The van der Waals surface area contributed by atoms with E-state index in [4.69, 9.17) is 9.47 Å². The standard InChI is InChI=1S/C15H26O2/c1-2-6-13(7-3-1)14-8-4-5-9-15(14)12-16-10-11-17-15/h13-14H,1-12H2. The summed E-state index contributed by atoms with van der Waals surface area (Å²) >= 11 is 0. The van der Waals surface area contributed by atoms with Gasteiger partial charge in [-0.15, -0.1) is 0 Å². The highest BCUT2D eigenvalue weighted by Crippen LogP contribution is 2.46. The van der Waals surface area contributed by atoms with E-state index in [-0.39, 0.29) is 5.60 Å². The van der Waals surface area contributed by atoms with Crippen LogP contribution in [0.1, 0.15) is 57.8 Å². The van der Waals surface area contributed by atoms with Crippen LogP contribution in [0.5, 0.6) is 0 Å². The lowest BCUT2D eigenvalue weighted by atomic mass is 9.65. The lowest BCUT2D eigenvalue weighted by Crippen LogP contribution is -2.53. The Bertz CT molecular complexity index is 231.